The van der Waals surface area contributed by atoms with Gasteiger partial charge in [0.1, 0.15) is 12.7 Å². The largest absolute Gasteiger partial charge is 0.312 e. The van der Waals surface area contributed by atoms with Crippen molar-refractivity contribution in [2.45, 2.75) is 25.4 Å². The Morgan fingerprint density at radius 1 is 1.40 bits per heavy atom. The highest BCUT2D eigenvalue weighted by Crippen LogP contribution is 2.16. The van der Waals surface area contributed by atoms with Gasteiger partial charge < -0.3 is 5.32 Å². The number of nitrogens with zero attached hydrogens (tertiary/aromatic N) is 3. The number of halogens is 1. The van der Waals surface area contributed by atoms with Crippen LogP contribution < -0.4 is 5.32 Å². The highest BCUT2D eigenvalue weighted by Gasteiger charge is 2.11. The molecule has 0 bridgehead atoms. The molecule has 1 aliphatic heterocycles. The van der Waals surface area contributed by atoms with E-state index in [0.717, 1.165) is 19.1 Å². The summed E-state index contributed by atoms with van der Waals surface area (Å²) in [5.74, 6) is 2.61. The molecule has 15 heavy (non-hydrogen) atoms. The van der Waals surface area contributed by atoms with Crippen LogP contribution in [0.15, 0.2) is 12.7 Å². The van der Waals surface area contributed by atoms with Crippen LogP contribution in [0, 0.1) is 0 Å². The van der Waals surface area contributed by atoms with E-state index in [1.165, 1.54) is 24.3 Å². The first-order valence-corrected chi connectivity index (χ1v) is 6.24. The number of hydrogen-bond acceptors (Lipinski definition) is 4. The van der Waals surface area contributed by atoms with Gasteiger partial charge in [-0.1, -0.05) is 0 Å². The number of nitrogens with one attached hydrogen (secondary N) is 1. The fraction of sp³-hybridized carbons (Fsp3) is 0.778. The molecule has 1 aromatic heterocycles. The van der Waals surface area contributed by atoms with Gasteiger partial charge in [-0.2, -0.15) is 16.9 Å². The zero-order valence-corrected chi connectivity index (χ0v) is 10.3. The normalized spacial score (nSPS) is 17.3. The molecule has 1 N–H and O–H groups in total. The Kier molecular flexibility index (Phi) is 6.05. The number of thioether (sulfide) groups is 1. The van der Waals surface area contributed by atoms with Crippen LogP contribution in [0.2, 0.25) is 0 Å². The predicted octanol–water partition coefficient (Wildman–Crippen LogP) is 1.19. The molecule has 0 unspecified atom stereocenters. The third-order valence-corrected chi connectivity index (χ3v) is 3.51. The average molecular weight is 249 g/mol. The van der Waals surface area contributed by atoms with Gasteiger partial charge >= 0.3 is 0 Å². The first kappa shape index (κ1) is 12.8. The maximum absolute atomic E-state index is 4.06. The number of rotatable bonds is 4. The molecule has 0 spiro atoms. The average Bonchev–Trinajstić information content (AvgIpc) is 2.72. The molecule has 6 heteroatoms. The number of aromatic nitrogens is 3. The molecular formula is C9H17ClN4S. The van der Waals surface area contributed by atoms with Crippen LogP contribution in [-0.2, 0) is 6.54 Å². The zero-order valence-electron chi connectivity index (χ0n) is 8.63. The van der Waals surface area contributed by atoms with E-state index in [9.17, 15) is 0 Å². The summed E-state index contributed by atoms with van der Waals surface area (Å²) in [6.45, 7) is 1.92. The minimum absolute atomic E-state index is 0. The van der Waals surface area contributed by atoms with Gasteiger partial charge in [0.15, 0.2) is 0 Å². The van der Waals surface area contributed by atoms with Gasteiger partial charge in [-0.3, -0.25) is 4.68 Å². The molecule has 1 aliphatic rings. The molecular weight excluding hydrogens is 232 g/mol. The number of hydrogen-bond donors (Lipinski definition) is 1. The van der Waals surface area contributed by atoms with Crippen molar-refractivity contribution < 1.29 is 0 Å². The van der Waals surface area contributed by atoms with E-state index < -0.39 is 0 Å². The van der Waals surface area contributed by atoms with E-state index in [1.54, 1.807) is 12.7 Å². The molecule has 0 radical (unpaired) electrons. The molecule has 0 saturated carbocycles. The van der Waals surface area contributed by atoms with Gasteiger partial charge in [0.05, 0.1) is 6.54 Å². The molecule has 0 aromatic carbocycles. The summed E-state index contributed by atoms with van der Waals surface area (Å²) >= 11 is 2.06. The van der Waals surface area contributed by atoms with E-state index in [0.29, 0.717) is 0 Å². The van der Waals surface area contributed by atoms with Crippen molar-refractivity contribution in [3.05, 3.63) is 12.7 Å². The first-order valence-electron chi connectivity index (χ1n) is 5.09. The molecule has 1 fully saturated rings. The molecule has 0 amide bonds. The summed E-state index contributed by atoms with van der Waals surface area (Å²) in [5, 5.41) is 7.62. The Bertz CT molecular complexity index is 249. The van der Waals surface area contributed by atoms with Crippen LogP contribution in [-0.4, -0.2) is 38.9 Å². The molecule has 4 nitrogen and oxygen atoms in total. The summed E-state index contributed by atoms with van der Waals surface area (Å²) in [4.78, 5) is 3.91. The van der Waals surface area contributed by atoms with Gasteiger partial charge in [-0.25, -0.2) is 4.98 Å². The Balaban J connectivity index is 0.00000112. The first-order chi connectivity index (χ1) is 6.95. The Labute approximate surface area is 101 Å². The van der Waals surface area contributed by atoms with Crippen molar-refractivity contribution in [2.24, 2.45) is 0 Å². The molecule has 1 aromatic rings. The van der Waals surface area contributed by atoms with Crippen molar-refractivity contribution >= 4 is 24.2 Å². The topological polar surface area (TPSA) is 42.7 Å². The highest BCUT2D eigenvalue weighted by atomic mass is 35.5. The minimum atomic E-state index is 0. The minimum Gasteiger partial charge on any atom is -0.312 e. The fourth-order valence-corrected chi connectivity index (χ4v) is 2.74. The standard InChI is InChI=1S/C9H16N4S.ClH/c1-5-14-6-2-9(1)11-3-4-13-8-10-7-12-13;/h7-9,11H,1-6H2;1H. The lowest BCUT2D eigenvalue weighted by molar-refractivity contribution is 0.453. The summed E-state index contributed by atoms with van der Waals surface area (Å²) < 4.78 is 1.87. The predicted molar refractivity (Wildman–Crippen MR) is 65.6 cm³/mol. The molecule has 2 heterocycles. The monoisotopic (exact) mass is 248 g/mol. The van der Waals surface area contributed by atoms with Crippen LogP contribution in [0.3, 0.4) is 0 Å². The Morgan fingerprint density at radius 3 is 2.87 bits per heavy atom. The lowest BCUT2D eigenvalue weighted by Crippen LogP contribution is -2.34. The Morgan fingerprint density at radius 2 is 2.20 bits per heavy atom. The van der Waals surface area contributed by atoms with E-state index in [4.69, 9.17) is 0 Å². The summed E-state index contributed by atoms with van der Waals surface area (Å²) in [5.41, 5.74) is 0. The SMILES string of the molecule is Cl.c1ncn(CCNC2CCSCC2)n1. The third-order valence-electron chi connectivity index (χ3n) is 2.46. The van der Waals surface area contributed by atoms with Crippen molar-refractivity contribution in [1.82, 2.24) is 20.1 Å². The van der Waals surface area contributed by atoms with E-state index in [1.807, 2.05) is 4.68 Å². The molecule has 1 saturated heterocycles. The lowest BCUT2D eigenvalue weighted by Gasteiger charge is -2.22. The molecule has 2 rings (SSSR count). The van der Waals surface area contributed by atoms with E-state index in [-0.39, 0.29) is 12.4 Å². The highest BCUT2D eigenvalue weighted by molar-refractivity contribution is 7.99. The molecule has 0 aliphatic carbocycles. The van der Waals surface area contributed by atoms with Gasteiger partial charge in [0.2, 0.25) is 0 Å². The summed E-state index contributed by atoms with van der Waals surface area (Å²) in [6.07, 6.45) is 5.96. The maximum Gasteiger partial charge on any atom is 0.137 e. The van der Waals surface area contributed by atoms with Crippen LogP contribution in [0.25, 0.3) is 0 Å². The summed E-state index contributed by atoms with van der Waals surface area (Å²) in [6, 6.07) is 0.722. The Hall–Kier alpha value is -0.260. The zero-order chi connectivity index (χ0) is 9.64. The van der Waals surface area contributed by atoms with Crippen molar-refractivity contribution in [3.8, 4) is 0 Å². The van der Waals surface area contributed by atoms with Gasteiger partial charge in [-0.15, -0.1) is 12.4 Å². The van der Waals surface area contributed by atoms with E-state index in [2.05, 4.69) is 27.2 Å². The van der Waals surface area contributed by atoms with Gasteiger partial charge in [0, 0.05) is 12.6 Å². The van der Waals surface area contributed by atoms with Crippen molar-refractivity contribution in [1.29, 1.82) is 0 Å². The summed E-state index contributed by atoms with van der Waals surface area (Å²) in [7, 11) is 0. The second-order valence-electron chi connectivity index (χ2n) is 3.50. The smallest absolute Gasteiger partial charge is 0.137 e. The van der Waals surface area contributed by atoms with Crippen LogP contribution >= 0.6 is 24.2 Å². The molecule has 86 valence electrons. The molecule has 0 atom stereocenters. The second-order valence-corrected chi connectivity index (χ2v) is 4.72. The fourth-order valence-electron chi connectivity index (χ4n) is 1.63. The second kappa shape index (κ2) is 7.09. The van der Waals surface area contributed by atoms with Gasteiger partial charge in [-0.05, 0) is 24.3 Å². The quantitative estimate of drug-likeness (QED) is 0.869. The van der Waals surface area contributed by atoms with Crippen LogP contribution in [0.5, 0.6) is 0 Å². The van der Waals surface area contributed by atoms with E-state index >= 15 is 0 Å². The van der Waals surface area contributed by atoms with Gasteiger partial charge in [0.25, 0.3) is 0 Å². The third kappa shape index (κ3) is 4.40. The van der Waals surface area contributed by atoms with Crippen LogP contribution in [0.1, 0.15) is 12.8 Å². The van der Waals surface area contributed by atoms with Crippen molar-refractivity contribution in [3.63, 3.8) is 0 Å². The maximum atomic E-state index is 4.06. The van der Waals surface area contributed by atoms with Crippen LogP contribution in [0.4, 0.5) is 0 Å². The van der Waals surface area contributed by atoms with Crippen molar-refractivity contribution in [2.75, 3.05) is 18.1 Å². The lowest BCUT2D eigenvalue weighted by atomic mass is 10.1.